The topological polar surface area (TPSA) is 652 Å². The second-order valence-electron chi connectivity index (χ2n) is 25.3. The first-order valence-electron chi connectivity index (χ1n) is 33.9. The molecule has 40 heteroatoms. The number of aliphatic hydroxyl groups is 3. The van der Waals surface area contributed by atoms with Crippen LogP contribution in [0.5, 0.6) is 0 Å². The summed E-state index contributed by atoms with van der Waals surface area (Å²) in [5.74, 6) is -20.2. The molecule has 0 bridgehead atoms. The number of hydrogen-bond acceptors (Lipinski definition) is 23. The monoisotopic (exact) mass is 1520 g/mol. The van der Waals surface area contributed by atoms with Crippen LogP contribution in [-0.4, -0.2) is 242 Å². The van der Waals surface area contributed by atoms with E-state index in [2.05, 4.69) is 81.7 Å². The summed E-state index contributed by atoms with van der Waals surface area (Å²) in [4.78, 5) is 225. The van der Waals surface area contributed by atoms with Gasteiger partial charge in [-0.3, -0.25) is 76.7 Å². The van der Waals surface area contributed by atoms with E-state index in [-0.39, 0.29) is 25.8 Å². The van der Waals surface area contributed by atoms with Gasteiger partial charge in [0, 0.05) is 31.4 Å². The van der Waals surface area contributed by atoms with Crippen molar-refractivity contribution in [1.82, 2.24) is 69.1 Å². The van der Waals surface area contributed by atoms with Gasteiger partial charge < -0.3 is 118 Å². The fraction of sp³-hybridized carbons (Fsp3) is 0.561. The molecular weight excluding hydrogens is 1410 g/mol. The van der Waals surface area contributed by atoms with Gasteiger partial charge in [0.05, 0.1) is 31.4 Å². The summed E-state index contributed by atoms with van der Waals surface area (Å²) in [7, 11) is 0. The van der Waals surface area contributed by atoms with E-state index in [0.717, 1.165) is 26.3 Å². The third-order valence-electron chi connectivity index (χ3n) is 16.0. The van der Waals surface area contributed by atoms with Crippen molar-refractivity contribution in [2.45, 2.75) is 203 Å². The number of hydrogen-bond donors (Lipinski definition) is 23. The number of carboxylic acids is 2. The molecule has 15 atom stereocenters. The molecule has 0 spiro atoms. The van der Waals surface area contributed by atoms with Gasteiger partial charge in [0.25, 0.3) is 0 Å². The third-order valence-corrected chi connectivity index (χ3v) is 16.3. The smallest absolute Gasteiger partial charge is 0.326 e. The van der Waals surface area contributed by atoms with Crippen molar-refractivity contribution in [2.24, 2.45) is 28.9 Å². The predicted octanol–water partition coefficient (Wildman–Crippen LogP) is -8.28. The Kier molecular flexibility index (Phi) is 40.7. The van der Waals surface area contributed by atoms with Crippen LogP contribution < -0.4 is 92.1 Å². The average Bonchev–Trinajstić information content (AvgIpc) is 0.862. The fourth-order valence-corrected chi connectivity index (χ4v) is 10.1. The molecule has 0 aliphatic carbocycles. The van der Waals surface area contributed by atoms with Crippen LogP contribution in [-0.2, 0) is 94.3 Å². The van der Waals surface area contributed by atoms with Crippen LogP contribution >= 0.6 is 12.6 Å². The fourth-order valence-electron chi connectivity index (χ4n) is 9.87. The van der Waals surface area contributed by atoms with Crippen molar-refractivity contribution in [3.05, 3.63) is 71.8 Å². The van der Waals surface area contributed by atoms with Gasteiger partial charge in [-0.25, -0.2) is 4.79 Å². The lowest BCUT2D eigenvalue weighted by atomic mass is 10.0. The van der Waals surface area contributed by atoms with Crippen LogP contribution in [0, 0.1) is 5.92 Å². The number of aliphatic carboxylic acids is 2. The molecule has 0 unspecified atom stereocenters. The number of unbranched alkanes of at least 4 members (excludes halogenated alkanes) is 1. The molecule has 15 amide bonds. The Morgan fingerprint density at radius 3 is 1.23 bits per heavy atom. The molecule has 0 saturated heterocycles. The molecule has 0 heterocycles. The van der Waals surface area contributed by atoms with Gasteiger partial charge in [-0.15, -0.1) is 0 Å². The molecule has 2 aromatic rings. The summed E-state index contributed by atoms with van der Waals surface area (Å²) in [6, 6.07) is -4.28. The number of carbonyl (C=O) groups excluding carboxylic acids is 15. The standard InChI is InChI=1S/C66H101N17O22S/c1-32(2)51(63(101)73-33(3)54(92)72-34(4)55(93)82-52(35(5)85)65(103)79-44(28-38-17-11-8-12-18-38)60(98)83-53(36(6)86)64(102)78-43(66(104)105)19-13-14-26-67)81-59(97)42(22-25-50(90)91)76-57(95)40(20-23-47(69)87)75-58(96)41(21-24-48(70)88)77-62(100)46(31-106)80-61(99)45(30-84)74-49(89)29-71-56(94)39(68)27-37-15-9-7-10-16-37/h7-12,15-18,32-36,39-46,51-53,84-86,106H,13-14,19-31,67-68H2,1-6H3,(H2,69,87)(H2,70,88)(H,71,94)(H,72,92)(H,73,101)(H,74,89)(H,75,96)(H,76,95)(H,77,100)(H,78,102)(H,79,103)(H,80,99)(H,81,97)(H,82,93)(H,83,98)(H,90,91)(H,104,105)/t33-,34-,35+,36+,39-,40-,41-,42-,43-,44-,45-,46-,51-,52-,53-/m0/s1. The zero-order valence-electron chi connectivity index (χ0n) is 59.6. The summed E-state index contributed by atoms with van der Waals surface area (Å²) < 4.78 is 0. The van der Waals surface area contributed by atoms with Crippen molar-refractivity contribution >= 4 is 113 Å². The van der Waals surface area contributed by atoms with Crippen molar-refractivity contribution < 1.29 is 107 Å². The number of carbonyl (C=O) groups is 17. The first-order valence-corrected chi connectivity index (χ1v) is 34.5. The van der Waals surface area contributed by atoms with E-state index in [1.54, 1.807) is 60.7 Å². The SMILES string of the molecule is CC(C)[C@H](NC(=O)[C@H](CCC(=O)O)NC(=O)[C@H](CCC(N)=O)NC(=O)[C@H](CCC(N)=O)NC(=O)[C@H](CS)NC(=O)[C@H](CO)NC(=O)CNC(=O)[C@@H](N)Cc1ccccc1)C(=O)N[C@@H](C)C(=O)N[C@@H](C)C(=O)N[C@H](C(=O)N[C@@H](Cc1ccccc1)C(=O)N[C@H](C(=O)N[C@@H](CCCCN)C(=O)O)[C@@H](C)O)[C@@H](C)O. The highest BCUT2D eigenvalue weighted by atomic mass is 32.1. The Bertz CT molecular complexity index is 3360. The largest absolute Gasteiger partial charge is 0.481 e. The van der Waals surface area contributed by atoms with Crippen LogP contribution in [0.2, 0.25) is 0 Å². The van der Waals surface area contributed by atoms with Gasteiger partial charge in [0.15, 0.2) is 0 Å². The van der Waals surface area contributed by atoms with Gasteiger partial charge in [0.2, 0.25) is 88.6 Å². The minimum atomic E-state index is -1.84. The number of benzene rings is 2. The van der Waals surface area contributed by atoms with Crippen LogP contribution in [0.1, 0.15) is 110 Å². The maximum absolute atomic E-state index is 14.1. The summed E-state index contributed by atoms with van der Waals surface area (Å²) >= 11 is 4.10. The predicted molar refractivity (Wildman–Crippen MR) is 379 cm³/mol. The van der Waals surface area contributed by atoms with Crippen molar-refractivity contribution in [1.29, 1.82) is 0 Å². The summed E-state index contributed by atoms with van der Waals surface area (Å²) in [5.41, 5.74) is 23.4. The van der Waals surface area contributed by atoms with Crippen molar-refractivity contribution in [2.75, 3.05) is 25.4 Å². The number of amides is 15. The maximum atomic E-state index is 14.1. The molecule has 0 radical (unpaired) electrons. The number of rotatable bonds is 49. The van der Waals surface area contributed by atoms with E-state index in [4.69, 9.17) is 22.9 Å². The minimum Gasteiger partial charge on any atom is -0.481 e. The molecule has 106 heavy (non-hydrogen) atoms. The van der Waals surface area contributed by atoms with E-state index < -0.39 is 255 Å². The summed E-state index contributed by atoms with van der Waals surface area (Å²) in [6.07, 6.45) is -6.52. The molecule has 26 N–H and O–H groups in total. The summed E-state index contributed by atoms with van der Waals surface area (Å²) in [6.45, 7) is 6.06. The van der Waals surface area contributed by atoms with Crippen LogP contribution in [0.25, 0.3) is 0 Å². The number of aliphatic hydroxyl groups excluding tert-OH is 3. The highest BCUT2D eigenvalue weighted by Crippen LogP contribution is 2.12. The second-order valence-corrected chi connectivity index (χ2v) is 25.6. The lowest BCUT2D eigenvalue weighted by Crippen LogP contribution is -2.62. The molecule has 2 aromatic carbocycles. The molecule has 0 fully saturated rings. The molecule has 0 aliphatic heterocycles. The highest BCUT2D eigenvalue weighted by molar-refractivity contribution is 7.80. The average molecular weight is 1520 g/mol. The molecule has 2 rings (SSSR count). The summed E-state index contributed by atoms with van der Waals surface area (Å²) in [5, 5.41) is 80.8. The van der Waals surface area contributed by atoms with Gasteiger partial charge >= 0.3 is 11.9 Å². The molecule has 588 valence electrons. The number of primary amides is 2. The number of carboxylic acid groups (broad SMARTS) is 2. The highest BCUT2D eigenvalue weighted by Gasteiger charge is 2.38. The second kappa shape index (κ2) is 47.1. The normalized spacial score (nSPS) is 15.3. The number of thiol groups is 1. The maximum Gasteiger partial charge on any atom is 0.326 e. The quantitative estimate of drug-likeness (QED) is 0.0216. The van der Waals surface area contributed by atoms with Crippen molar-refractivity contribution in [3.63, 3.8) is 0 Å². The third kappa shape index (κ3) is 33.6. The van der Waals surface area contributed by atoms with Crippen molar-refractivity contribution in [3.8, 4) is 0 Å². The first kappa shape index (κ1) is 91.7. The Morgan fingerprint density at radius 1 is 0.415 bits per heavy atom. The lowest BCUT2D eigenvalue weighted by Gasteiger charge is -2.29. The molecule has 0 aromatic heterocycles. The van der Waals surface area contributed by atoms with Crippen LogP contribution in [0.15, 0.2) is 60.7 Å². The Morgan fingerprint density at radius 2 is 0.792 bits per heavy atom. The molecule has 39 nitrogen and oxygen atoms in total. The Labute approximate surface area is 616 Å². The number of nitrogens with one attached hydrogen (secondary N) is 13. The number of nitrogens with two attached hydrogens (primary N) is 4. The van der Waals surface area contributed by atoms with Gasteiger partial charge in [0.1, 0.15) is 72.5 Å². The van der Waals surface area contributed by atoms with Gasteiger partial charge in [-0.2, -0.15) is 12.6 Å². The molecular formula is C66H101N17O22S. The zero-order valence-corrected chi connectivity index (χ0v) is 60.4. The Balaban J connectivity index is 2.27. The van der Waals surface area contributed by atoms with E-state index in [9.17, 15) is 107 Å². The van der Waals surface area contributed by atoms with E-state index in [1.165, 1.54) is 20.8 Å². The molecule has 0 aliphatic rings. The van der Waals surface area contributed by atoms with Gasteiger partial charge in [-0.05, 0) is 96.2 Å². The zero-order chi connectivity index (χ0) is 80.1. The first-order chi connectivity index (χ1) is 49.8. The van der Waals surface area contributed by atoms with Crippen LogP contribution in [0.4, 0.5) is 0 Å². The van der Waals surface area contributed by atoms with E-state index in [0.29, 0.717) is 18.4 Å². The lowest BCUT2D eigenvalue weighted by molar-refractivity contribution is -0.143. The molecule has 0 saturated carbocycles. The minimum absolute atomic E-state index is 0.0252. The van der Waals surface area contributed by atoms with Crippen LogP contribution in [0.3, 0.4) is 0 Å². The van der Waals surface area contributed by atoms with Gasteiger partial charge in [-0.1, -0.05) is 74.5 Å². The Hall–Kier alpha value is -10.4. The van der Waals surface area contributed by atoms with E-state index in [1.807, 2.05) is 0 Å². The van der Waals surface area contributed by atoms with E-state index >= 15 is 0 Å².